The van der Waals surface area contributed by atoms with Gasteiger partial charge in [-0.15, -0.1) is 0 Å². The maximum Gasteiger partial charge on any atom is 0.272 e. The molecule has 6 heteroatoms. The molecule has 0 radical (unpaired) electrons. The van der Waals surface area contributed by atoms with E-state index in [9.17, 15) is 4.79 Å². The molecule has 0 aromatic carbocycles. The van der Waals surface area contributed by atoms with Crippen molar-refractivity contribution >= 4 is 11.6 Å². The Morgan fingerprint density at radius 1 is 1.40 bits per heavy atom. The van der Waals surface area contributed by atoms with E-state index in [1.54, 1.807) is 18.3 Å². The molecule has 1 saturated heterocycles. The van der Waals surface area contributed by atoms with E-state index < -0.39 is 0 Å². The number of piperazine rings is 1. The molecule has 1 aromatic rings. The van der Waals surface area contributed by atoms with Gasteiger partial charge >= 0.3 is 0 Å². The van der Waals surface area contributed by atoms with Crippen LogP contribution in [0.2, 0.25) is 0 Å². The molecule has 3 N–H and O–H groups in total. The second-order valence-electron chi connectivity index (χ2n) is 5.16. The number of hydrogen-bond acceptors (Lipinski definition) is 5. The largest absolute Gasteiger partial charge is 0.335 e. The molecule has 2 rings (SSSR count). The number of amides is 1. The van der Waals surface area contributed by atoms with Gasteiger partial charge in [-0.2, -0.15) is 0 Å². The maximum atomic E-state index is 12.3. The van der Waals surface area contributed by atoms with Crippen molar-refractivity contribution in [3.63, 3.8) is 0 Å². The fourth-order valence-electron chi connectivity index (χ4n) is 2.39. The highest BCUT2D eigenvalue weighted by Gasteiger charge is 2.24. The molecule has 1 atom stereocenters. The molecule has 0 spiro atoms. The zero-order chi connectivity index (χ0) is 14.5. The molecule has 1 amide bonds. The molecule has 110 valence electrons. The number of nitrogen functional groups attached to an aromatic ring is 1. The summed E-state index contributed by atoms with van der Waals surface area (Å²) in [5.41, 5.74) is 3.67. The van der Waals surface area contributed by atoms with Gasteiger partial charge in [-0.3, -0.25) is 15.5 Å². The van der Waals surface area contributed by atoms with Crippen LogP contribution in [-0.4, -0.2) is 52.9 Å². The zero-order valence-electron chi connectivity index (χ0n) is 12.2. The van der Waals surface area contributed by atoms with Crippen molar-refractivity contribution in [3.8, 4) is 0 Å². The van der Waals surface area contributed by atoms with Gasteiger partial charge in [-0.05, 0) is 25.5 Å². The number of nitrogens with zero attached hydrogens (tertiary/aromatic N) is 3. The van der Waals surface area contributed by atoms with Crippen LogP contribution in [0.3, 0.4) is 0 Å². The molecule has 1 unspecified atom stereocenters. The number of nitrogens with one attached hydrogen (secondary N) is 1. The highest BCUT2D eigenvalue weighted by Crippen LogP contribution is 2.12. The van der Waals surface area contributed by atoms with Crippen LogP contribution < -0.4 is 11.3 Å². The van der Waals surface area contributed by atoms with Gasteiger partial charge in [0.1, 0.15) is 5.69 Å². The van der Waals surface area contributed by atoms with E-state index in [0.29, 0.717) is 17.4 Å². The molecule has 0 aliphatic carbocycles. The lowest BCUT2D eigenvalue weighted by atomic mass is 10.2. The number of nitrogens with two attached hydrogens (primary N) is 1. The summed E-state index contributed by atoms with van der Waals surface area (Å²) in [7, 11) is 0. The molecule has 0 saturated carbocycles. The van der Waals surface area contributed by atoms with Crippen molar-refractivity contribution in [1.29, 1.82) is 0 Å². The summed E-state index contributed by atoms with van der Waals surface area (Å²) >= 11 is 0. The number of carbonyl (C=O) groups is 1. The highest BCUT2D eigenvalue weighted by atomic mass is 16.2. The fourth-order valence-corrected chi connectivity index (χ4v) is 2.39. The van der Waals surface area contributed by atoms with Crippen LogP contribution in [-0.2, 0) is 0 Å². The van der Waals surface area contributed by atoms with E-state index in [2.05, 4.69) is 29.2 Å². The highest BCUT2D eigenvalue weighted by molar-refractivity contribution is 5.92. The zero-order valence-corrected chi connectivity index (χ0v) is 12.2. The van der Waals surface area contributed by atoms with Crippen LogP contribution in [0.4, 0.5) is 5.69 Å². The first-order chi connectivity index (χ1) is 9.65. The molecule has 1 aliphatic heterocycles. The quantitative estimate of drug-likeness (QED) is 0.632. The van der Waals surface area contributed by atoms with E-state index in [0.717, 1.165) is 32.6 Å². The van der Waals surface area contributed by atoms with Crippen LogP contribution in [0.1, 0.15) is 30.8 Å². The molecule has 0 bridgehead atoms. The van der Waals surface area contributed by atoms with Crippen molar-refractivity contribution in [2.75, 3.05) is 31.6 Å². The summed E-state index contributed by atoms with van der Waals surface area (Å²) in [4.78, 5) is 20.8. The minimum absolute atomic E-state index is 0.00243. The summed E-state index contributed by atoms with van der Waals surface area (Å²) in [6.07, 6.45) is 2.71. The predicted molar refractivity (Wildman–Crippen MR) is 79.3 cm³/mol. The molecule has 1 aliphatic rings. The smallest absolute Gasteiger partial charge is 0.272 e. The van der Waals surface area contributed by atoms with Gasteiger partial charge in [0.25, 0.3) is 5.91 Å². The van der Waals surface area contributed by atoms with Gasteiger partial charge in [0, 0.05) is 32.2 Å². The van der Waals surface area contributed by atoms with Gasteiger partial charge in [0.2, 0.25) is 0 Å². The maximum absolute atomic E-state index is 12.3. The van der Waals surface area contributed by atoms with Gasteiger partial charge in [-0.1, -0.05) is 6.92 Å². The predicted octanol–water partition coefficient (Wildman–Crippen LogP) is 0.924. The molecular formula is C14H23N5O. The average Bonchev–Trinajstić information content (AvgIpc) is 2.53. The summed E-state index contributed by atoms with van der Waals surface area (Å²) in [6.45, 7) is 7.83. The number of rotatable bonds is 4. The standard InChI is InChI=1S/C14H23N5O/c1-3-11(2)18-6-8-19(9-7-18)14(20)13-5-4-12(17-15)10-16-13/h4-5,10-11,17H,3,6-9,15H2,1-2H3. The van der Waals surface area contributed by atoms with E-state index in [1.165, 1.54) is 0 Å². The lowest BCUT2D eigenvalue weighted by molar-refractivity contribution is 0.0574. The van der Waals surface area contributed by atoms with Crippen LogP contribution in [0, 0.1) is 0 Å². The van der Waals surface area contributed by atoms with E-state index >= 15 is 0 Å². The van der Waals surface area contributed by atoms with Crippen LogP contribution in [0.25, 0.3) is 0 Å². The number of anilines is 1. The Labute approximate surface area is 119 Å². The van der Waals surface area contributed by atoms with Gasteiger partial charge in [0.05, 0.1) is 11.9 Å². The Balaban J connectivity index is 1.94. The Kier molecular flexibility index (Phi) is 4.92. The molecule has 1 aromatic heterocycles. The van der Waals surface area contributed by atoms with Crippen LogP contribution >= 0.6 is 0 Å². The summed E-state index contributed by atoms with van der Waals surface area (Å²) in [5, 5.41) is 0. The van der Waals surface area contributed by atoms with Gasteiger partial charge in [0.15, 0.2) is 0 Å². The Morgan fingerprint density at radius 2 is 2.10 bits per heavy atom. The first-order valence-electron chi connectivity index (χ1n) is 7.11. The SMILES string of the molecule is CCC(C)N1CCN(C(=O)c2ccc(NN)cn2)CC1. The van der Waals surface area contributed by atoms with Crippen molar-refractivity contribution in [2.24, 2.45) is 5.84 Å². The van der Waals surface area contributed by atoms with E-state index in [-0.39, 0.29) is 5.91 Å². The van der Waals surface area contributed by atoms with Crippen molar-refractivity contribution in [1.82, 2.24) is 14.8 Å². The lowest BCUT2D eigenvalue weighted by Gasteiger charge is -2.37. The molecule has 1 fully saturated rings. The van der Waals surface area contributed by atoms with Gasteiger partial charge < -0.3 is 10.3 Å². The Morgan fingerprint density at radius 3 is 2.60 bits per heavy atom. The van der Waals surface area contributed by atoms with Gasteiger partial charge in [-0.25, -0.2) is 4.98 Å². The minimum atomic E-state index is -0.00243. The third-order valence-corrected chi connectivity index (χ3v) is 3.96. The third-order valence-electron chi connectivity index (χ3n) is 3.96. The number of hydrazine groups is 1. The Bertz CT molecular complexity index is 439. The summed E-state index contributed by atoms with van der Waals surface area (Å²) in [6, 6.07) is 4.05. The van der Waals surface area contributed by atoms with E-state index in [4.69, 9.17) is 5.84 Å². The molecule has 20 heavy (non-hydrogen) atoms. The first-order valence-corrected chi connectivity index (χ1v) is 7.11. The second kappa shape index (κ2) is 6.67. The molecular weight excluding hydrogens is 254 g/mol. The normalized spacial score (nSPS) is 17.9. The number of pyridine rings is 1. The molecule has 2 heterocycles. The fraction of sp³-hybridized carbons (Fsp3) is 0.571. The second-order valence-corrected chi connectivity index (χ2v) is 5.16. The first kappa shape index (κ1) is 14.7. The van der Waals surface area contributed by atoms with E-state index in [1.807, 2.05) is 4.90 Å². The number of carbonyl (C=O) groups excluding carboxylic acids is 1. The van der Waals surface area contributed by atoms with Crippen LogP contribution in [0.5, 0.6) is 0 Å². The number of aromatic nitrogens is 1. The Hall–Kier alpha value is -1.66. The summed E-state index contributed by atoms with van der Waals surface area (Å²) in [5.74, 6) is 5.28. The lowest BCUT2D eigenvalue weighted by Crippen LogP contribution is -2.51. The minimum Gasteiger partial charge on any atom is -0.335 e. The van der Waals surface area contributed by atoms with Crippen molar-refractivity contribution in [2.45, 2.75) is 26.3 Å². The number of hydrogen-bond donors (Lipinski definition) is 2. The molecule has 6 nitrogen and oxygen atoms in total. The monoisotopic (exact) mass is 277 g/mol. The topological polar surface area (TPSA) is 74.5 Å². The van der Waals surface area contributed by atoms with Crippen molar-refractivity contribution in [3.05, 3.63) is 24.0 Å². The third kappa shape index (κ3) is 3.26. The summed E-state index contributed by atoms with van der Waals surface area (Å²) < 4.78 is 0. The average molecular weight is 277 g/mol. The van der Waals surface area contributed by atoms with Crippen molar-refractivity contribution < 1.29 is 4.79 Å². The van der Waals surface area contributed by atoms with Crippen LogP contribution in [0.15, 0.2) is 18.3 Å².